The van der Waals surface area contributed by atoms with E-state index in [1.807, 2.05) is 0 Å². The van der Waals surface area contributed by atoms with Crippen molar-refractivity contribution in [2.75, 3.05) is 18.0 Å². The van der Waals surface area contributed by atoms with Gasteiger partial charge in [0.1, 0.15) is 5.01 Å². The monoisotopic (exact) mass is 446 g/mol. The first-order chi connectivity index (χ1) is 15.3. The molecule has 2 aliphatic heterocycles. The van der Waals surface area contributed by atoms with E-state index < -0.39 is 0 Å². The van der Waals surface area contributed by atoms with Crippen LogP contribution < -0.4 is 10.4 Å². The Morgan fingerprint density at radius 1 is 0.906 bits per heavy atom. The Hall–Kier alpha value is -2.15. The molecule has 4 nitrogen and oxygen atoms in total. The molecule has 6 heteroatoms. The van der Waals surface area contributed by atoms with Gasteiger partial charge in [-0.3, -0.25) is 0 Å². The molecule has 0 unspecified atom stereocenters. The van der Waals surface area contributed by atoms with Crippen molar-refractivity contribution in [2.24, 2.45) is 0 Å². The van der Waals surface area contributed by atoms with Crippen LogP contribution in [0.25, 0.3) is 22.4 Å². The van der Waals surface area contributed by atoms with Gasteiger partial charge in [-0.2, -0.15) is 0 Å². The number of anilines is 1. The van der Waals surface area contributed by atoms with Crippen molar-refractivity contribution >= 4 is 52.0 Å². The number of hydrogen-bond acceptors (Lipinski definition) is 5. The van der Waals surface area contributed by atoms with Gasteiger partial charge in [-0.25, -0.2) is 4.98 Å². The first kappa shape index (κ1) is 21.7. The SMILES string of the molecule is CC1(C)OB(c2ccc3nc(C=Cc4ccc(N5CCCCC5)cc4)sc3c2)OC1(C)C. The van der Waals surface area contributed by atoms with Crippen LogP contribution in [0.5, 0.6) is 0 Å². The Bertz CT molecular complexity index is 1110. The van der Waals surface area contributed by atoms with Gasteiger partial charge < -0.3 is 14.2 Å². The summed E-state index contributed by atoms with van der Waals surface area (Å²) in [4.78, 5) is 7.27. The molecule has 166 valence electrons. The van der Waals surface area contributed by atoms with Crippen LogP contribution in [0.15, 0.2) is 42.5 Å². The van der Waals surface area contributed by atoms with E-state index in [-0.39, 0.29) is 18.3 Å². The topological polar surface area (TPSA) is 34.6 Å². The Morgan fingerprint density at radius 2 is 1.59 bits per heavy atom. The van der Waals surface area contributed by atoms with Gasteiger partial charge >= 0.3 is 7.12 Å². The molecular formula is C26H31BN2O2S. The molecule has 2 fully saturated rings. The van der Waals surface area contributed by atoms with Gasteiger partial charge in [0.2, 0.25) is 0 Å². The van der Waals surface area contributed by atoms with Crippen LogP contribution in [0.3, 0.4) is 0 Å². The molecule has 2 aromatic carbocycles. The van der Waals surface area contributed by atoms with Crippen LogP contribution in [0.2, 0.25) is 0 Å². The molecule has 1 aromatic heterocycles. The van der Waals surface area contributed by atoms with Crippen molar-refractivity contribution < 1.29 is 9.31 Å². The zero-order valence-electron chi connectivity index (χ0n) is 19.4. The van der Waals surface area contributed by atoms with E-state index in [4.69, 9.17) is 14.3 Å². The first-order valence-electron chi connectivity index (χ1n) is 11.6. The van der Waals surface area contributed by atoms with Crippen molar-refractivity contribution in [1.29, 1.82) is 0 Å². The van der Waals surface area contributed by atoms with Crippen molar-refractivity contribution in [1.82, 2.24) is 4.98 Å². The highest BCUT2D eigenvalue weighted by Gasteiger charge is 2.51. The van der Waals surface area contributed by atoms with E-state index in [1.54, 1.807) is 11.3 Å². The molecule has 0 bridgehead atoms. The van der Waals surface area contributed by atoms with E-state index in [0.717, 1.165) is 20.7 Å². The number of rotatable bonds is 4. The fraction of sp³-hybridized carbons (Fsp3) is 0.423. The van der Waals surface area contributed by atoms with Gasteiger partial charge in [0.05, 0.1) is 21.4 Å². The zero-order valence-corrected chi connectivity index (χ0v) is 20.2. The lowest BCUT2D eigenvalue weighted by Gasteiger charge is -2.32. The molecule has 0 radical (unpaired) electrons. The number of benzene rings is 2. The second kappa shape index (κ2) is 8.33. The molecule has 0 amide bonds. The molecular weight excluding hydrogens is 415 g/mol. The zero-order chi connectivity index (χ0) is 22.3. The third-order valence-electron chi connectivity index (χ3n) is 6.99. The normalized spacial score (nSPS) is 20.5. The lowest BCUT2D eigenvalue weighted by atomic mass is 9.79. The molecule has 0 spiro atoms. The molecule has 0 aliphatic carbocycles. The Kier molecular flexibility index (Phi) is 5.64. The predicted molar refractivity (Wildman–Crippen MR) is 137 cm³/mol. The largest absolute Gasteiger partial charge is 0.494 e. The maximum absolute atomic E-state index is 6.21. The summed E-state index contributed by atoms with van der Waals surface area (Å²) in [6.45, 7) is 10.7. The molecule has 32 heavy (non-hydrogen) atoms. The van der Waals surface area contributed by atoms with Gasteiger partial charge in [0.15, 0.2) is 0 Å². The summed E-state index contributed by atoms with van der Waals surface area (Å²) in [5.41, 5.74) is 3.91. The summed E-state index contributed by atoms with van der Waals surface area (Å²) < 4.78 is 13.6. The number of thiazole rings is 1. The second-order valence-electron chi connectivity index (χ2n) is 9.84. The van der Waals surface area contributed by atoms with Crippen LogP contribution in [-0.4, -0.2) is 36.4 Å². The van der Waals surface area contributed by atoms with Gasteiger partial charge in [0.25, 0.3) is 0 Å². The second-order valence-corrected chi connectivity index (χ2v) is 10.9. The van der Waals surface area contributed by atoms with Crippen molar-refractivity contribution in [3.05, 3.63) is 53.0 Å². The van der Waals surface area contributed by atoms with Crippen LogP contribution in [-0.2, 0) is 9.31 Å². The van der Waals surface area contributed by atoms with E-state index in [2.05, 4.69) is 87.2 Å². The third-order valence-corrected chi connectivity index (χ3v) is 7.97. The number of nitrogens with zero attached hydrogens (tertiary/aromatic N) is 2. The van der Waals surface area contributed by atoms with Gasteiger partial charge in [-0.15, -0.1) is 11.3 Å². The summed E-state index contributed by atoms with van der Waals surface area (Å²) in [5.74, 6) is 0. The van der Waals surface area contributed by atoms with Crippen LogP contribution >= 0.6 is 11.3 Å². The molecule has 5 rings (SSSR count). The highest BCUT2D eigenvalue weighted by molar-refractivity contribution is 7.19. The van der Waals surface area contributed by atoms with Gasteiger partial charge in [-0.1, -0.05) is 24.3 Å². The lowest BCUT2D eigenvalue weighted by molar-refractivity contribution is 0.00578. The number of fused-ring (bicyclic) bond motifs is 1. The molecule has 3 heterocycles. The Morgan fingerprint density at radius 3 is 2.28 bits per heavy atom. The molecule has 0 saturated carbocycles. The van der Waals surface area contributed by atoms with E-state index in [9.17, 15) is 0 Å². The average molecular weight is 446 g/mol. The first-order valence-corrected chi connectivity index (χ1v) is 12.4. The van der Waals surface area contributed by atoms with Crippen molar-refractivity contribution in [3.8, 4) is 0 Å². The van der Waals surface area contributed by atoms with Crippen LogP contribution in [0.1, 0.15) is 57.5 Å². The highest BCUT2D eigenvalue weighted by Crippen LogP contribution is 2.36. The van der Waals surface area contributed by atoms with E-state index in [1.165, 1.54) is 43.6 Å². The predicted octanol–water partition coefficient (Wildman–Crippen LogP) is 5.76. The maximum Gasteiger partial charge on any atom is 0.494 e. The van der Waals surface area contributed by atoms with Crippen molar-refractivity contribution in [3.63, 3.8) is 0 Å². The molecule has 0 N–H and O–H groups in total. The van der Waals surface area contributed by atoms with Crippen LogP contribution in [0, 0.1) is 0 Å². The summed E-state index contributed by atoms with van der Waals surface area (Å²) in [6.07, 6.45) is 8.21. The number of aromatic nitrogens is 1. The smallest absolute Gasteiger partial charge is 0.399 e. The summed E-state index contributed by atoms with van der Waals surface area (Å²) in [5, 5.41) is 1.01. The minimum absolute atomic E-state index is 0.336. The van der Waals surface area contributed by atoms with E-state index in [0.29, 0.717) is 0 Å². The number of hydrogen-bond donors (Lipinski definition) is 0. The number of piperidine rings is 1. The highest BCUT2D eigenvalue weighted by atomic mass is 32.1. The maximum atomic E-state index is 6.21. The van der Waals surface area contributed by atoms with E-state index >= 15 is 0 Å². The standard InChI is InChI=1S/C26H31BN2O2S/c1-25(2)26(3,4)31-27(30-25)20-11-14-22-23(18-20)32-24(28-22)15-10-19-8-12-21(13-9-19)29-16-6-5-7-17-29/h8-15,18H,5-7,16-17H2,1-4H3. The molecule has 3 aromatic rings. The Labute approximate surface area is 195 Å². The summed E-state index contributed by atoms with van der Waals surface area (Å²) >= 11 is 1.70. The molecule has 2 aliphatic rings. The average Bonchev–Trinajstić information content (AvgIpc) is 3.29. The fourth-order valence-electron chi connectivity index (χ4n) is 4.27. The molecule has 0 atom stereocenters. The third kappa shape index (κ3) is 4.24. The lowest BCUT2D eigenvalue weighted by Crippen LogP contribution is -2.41. The van der Waals surface area contributed by atoms with Crippen LogP contribution in [0.4, 0.5) is 5.69 Å². The summed E-state index contributed by atoms with van der Waals surface area (Å²) in [6, 6.07) is 15.2. The fourth-order valence-corrected chi connectivity index (χ4v) is 5.19. The van der Waals surface area contributed by atoms with Gasteiger partial charge in [-0.05, 0) is 88.3 Å². The summed E-state index contributed by atoms with van der Waals surface area (Å²) in [7, 11) is -0.344. The minimum Gasteiger partial charge on any atom is -0.399 e. The Balaban J connectivity index is 1.30. The quantitative estimate of drug-likeness (QED) is 0.478. The van der Waals surface area contributed by atoms with Gasteiger partial charge in [0, 0.05) is 18.8 Å². The minimum atomic E-state index is -0.344. The van der Waals surface area contributed by atoms with Crippen molar-refractivity contribution in [2.45, 2.75) is 58.2 Å². The molecule has 2 saturated heterocycles.